The fourth-order valence-electron chi connectivity index (χ4n) is 2.60. The molecule has 0 spiro atoms. The van der Waals surface area contributed by atoms with Crippen LogP contribution in [-0.2, 0) is 21.4 Å². The normalized spacial score (nSPS) is 11.1. The van der Waals surface area contributed by atoms with Crippen LogP contribution in [0.15, 0.2) is 76.2 Å². The molecule has 0 fully saturated rings. The summed E-state index contributed by atoms with van der Waals surface area (Å²) in [6, 6.07) is 15.8. The highest BCUT2D eigenvalue weighted by atomic mass is 32.2. The molecule has 0 saturated heterocycles. The van der Waals surface area contributed by atoms with Crippen LogP contribution in [-0.4, -0.2) is 27.3 Å². The van der Waals surface area contributed by atoms with Gasteiger partial charge in [-0.2, -0.15) is 0 Å². The summed E-state index contributed by atoms with van der Waals surface area (Å²) in [7, 11) is -2.07. The second-order valence-corrected chi connectivity index (χ2v) is 8.27. The Bertz CT molecular complexity index is 1120. The van der Waals surface area contributed by atoms with Crippen molar-refractivity contribution in [3.8, 4) is 0 Å². The molecule has 9 heteroatoms. The monoisotopic (exact) mass is 427 g/mol. The van der Waals surface area contributed by atoms with E-state index in [4.69, 9.17) is 4.42 Å². The molecule has 2 N–H and O–H groups in total. The fraction of sp³-hybridized carbons (Fsp3) is 0.143. The van der Waals surface area contributed by atoms with E-state index in [2.05, 4.69) is 10.0 Å². The average molecular weight is 427 g/mol. The lowest BCUT2D eigenvalue weighted by molar-refractivity contribution is -0.116. The zero-order valence-electron chi connectivity index (χ0n) is 16.5. The van der Waals surface area contributed by atoms with Crippen LogP contribution < -0.4 is 14.9 Å². The summed E-state index contributed by atoms with van der Waals surface area (Å²) in [5, 5.41) is 2.74. The van der Waals surface area contributed by atoms with Crippen LogP contribution in [0.2, 0.25) is 0 Å². The van der Waals surface area contributed by atoms with Crippen molar-refractivity contribution in [2.75, 3.05) is 17.3 Å². The lowest BCUT2D eigenvalue weighted by Gasteiger charge is -2.15. The summed E-state index contributed by atoms with van der Waals surface area (Å²) in [6.45, 7) is 1.50. The Morgan fingerprint density at radius 3 is 2.23 bits per heavy atom. The van der Waals surface area contributed by atoms with Gasteiger partial charge in [-0.1, -0.05) is 0 Å². The molecule has 0 bridgehead atoms. The Morgan fingerprint density at radius 1 is 1.00 bits per heavy atom. The number of rotatable bonds is 7. The Hall–Kier alpha value is -3.43. The molecule has 0 aliphatic carbocycles. The van der Waals surface area contributed by atoms with Gasteiger partial charge in [-0.05, 0) is 60.7 Å². The summed E-state index contributed by atoms with van der Waals surface area (Å²) in [4.78, 5) is 25.4. The summed E-state index contributed by atoms with van der Waals surface area (Å²) in [5.74, 6) is 0.0192. The van der Waals surface area contributed by atoms with Gasteiger partial charge in [0.05, 0.1) is 17.7 Å². The molecule has 2 aromatic carbocycles. The number of anilines is 2. The molecule has 0 aliphatic rings. The number of amides is 2. The van der Waals surface area contributed by atoms with Gasteiger partial charge in [0.15, 0.2) is 0 Å². The topological polar surface area (TPSA) is 109 Å². The number of nitrogens with one attached hydrogen (secondary N) is 2. The first kappa shape index (κ1) is 21.3. The van der Waals surface area contributed by atoms with Crippen molar-refractivity contribution in [1.29, 1.82) is 0 Å². The second kappa shape index (κ2) is 8.93. The van der Waals surface area contributed by atoms with Crippen LogP contribution in [0, 0.1) is 0 Å². The molecule has 0 radical (unpaired) electrons. The molecule has 2 amide bonds. The van der Waals surface area contributed by atoms with E-state index >= 15 is 0 Å². The highest BCUT2D eigenvalue weighted by Crippen LogP contribution is 2.18. The van der Waals surface area contributed by atoms with Gasteiger partial charge in [0.25, 0.3) is 5.91 Å². The molecule has 0 atom stereocenters. The van der Waals surface area contributed by atoms with Crippen LogP contribution in [0.3, 0.4) is 0 Å². The standard InChI is InChI=1S/C21H21N3O5S/c1-15(25)24(2)18-9-7-17(8-10-18)23-21(26)16-5-11-20(12-6-16)30(27,28)22-14-19-4-3-13-29-19/h3-13,22H,14H2,1-2H3,(H,23,26). The van der Waals surface area contributed by atoms with E-state index < -0.39 is 10.0 Å². The predicted octanol–water partition coefficient (Wildman–Crippen LogP) is 2.99. The first-order chi connectivity index (χ1) is 14.3. The Morgan fingerprint density at radius 2 is 1.67 bits per heavy atom. The predicted molar refractivity (Wildman–Crippen MR) is 113 cm³/mol. The highest BCUT2D eigenvalue weighted by molar-refractivity contribution is 7.89. The molecule has 0 unspecified atom stereocenters. The van der Waals surface area contributed by atoms with Crippen molar-refractivity contribution < 1.29 is 22.4 Å². The third-order valence-corrected chi connectivity index (χ3v) is 5.85. The molecule has 1 aromatic heterocycles. The minimum Gasteiger partial charge on any atom is -0.468 e. The van der Waals surface area contributed by atoms with Crippen molar-refractivity contribution in [3.63, 3.8) is 0 Å². The third-order valence-electron chi connectivity index (χ3n) is 4.43. The van der Waals surface area contributed by atoms with Crippen molar-refractivity contribution in [2.45, 2.75) is 18.4 Å². The molecule has 8 nitrogen and oxygen atoms in total. The van der Waals surface area contributed by atoms with Gasteiger partial charge >= 0.3 is 0 Å². The molecule has 30 heavy (non-hydrogen) atoms. The summed E-state index contributed by atoms with van der Waals surface area (Å²) in [6.07, 6.45) is 1.46. The molecule has 0 aliphatic heterocycles. The van der Waals surface area contributed by atoms with Crippen LogP contribution in [0.1, 0.15) is 23.0 Å². The van der Waals surface area contributed by atoms with Crippen molar-refractivity contribution >= 4 is 33.2 Å². The minimum absolute atomic E-state index is 0.0341. The third kappa shape index (κ3) is 5.13. The smallest absolute Gasteiger partial charge is 0.255 e. The van der Waals surface area contributed by atoms with Gasteiger partial charge in [0.2, 0.25) is 15.9 Å². The van der Waals surface area contributed by atoms with Crippen LogP contribution in [0.5, 0.6) is 0 Å². The molecular weight excluding hydrogens is 406 g/mol. The maximum absolute atomic E-state index is 12.4. The van der Waals surface area contributed by atoms with Gasteiger partial charge in [0, 0.05) is 30.9 Å². The van der Waals surface area contributed by atoms with E-state index in [-0.39, 0.29) is 23.3 Å². The van der Waals surface area contributed by atoms with E-state index in [1.54, 1.807) is 43.4 Å². The summed E-state index contributed by atoms with van der Waals surface area (Å²) >= 11 is 0. The fourth-order valence-corrected chi connectivity index (χ4v) is 3.59. The summed E-state index contributed by atoms with van der Waals surface area (Å²) < 4.78 is 32.2. The van der Waals surface area contributed by atoms with Crippen LogP contribution in [0.25, 0.3) is 0 Å². The number of carbonyl (C=O) groups excluding carboxylic acids is 2. The molecule has 3 aromatic rings. The Balaban J connectivity index is 1.64. The Kier molecular flexibility index (Phi) is 6.34. The van der Waals surface area contributed by atoms with E-state index in [1.165, 1.54) is 42.4 Å². The van der Waals surface area contributed by atoms with Gasteiger partial charge in [-0.3, -0.25) is 9.59 Å². The molecular formula is C21H21N3O5S. The number of furan rings is 1. The maximum Gasteiger partial charge on any atom is 0.255 e. The van der Waals surface area contributed by atoms with E-state index in [9.17, 15) is 18.0 Å². The number of benzene rings is 2. The van der Waals surface area contributed by atoms with Crippen molar-refractivity contribution in [1.82, 2.24) is 4.72 Å². The van der Waals surface area contributed by atoms with E-state index in [0.29, 0.717) is 22.7 Å². The lowest BCUT2D eigenvalue weighted by Crippen LogP contribution is -2.23. The van der Waals surface area contributed by atoms with E-state index in [0.717, 1.165) is 0 Å². The van der Waals surface area contributed by atoms with Gasteiger partial charge in [-0.25, -0.2) is 13.1 Å². The van der Waals surface area contributed by atoms with Crippen LogP contribution >= 0.6 is 0 Å². The first-order valence-corrected chi connectivity index (χ1v) is 10.5. The SMILES string of the molecule is CC(=O)N(C)c1ccc(NC(=O)c2ccc(S(=O)(=O)NCc3ccco3)cc2)cc1. The largest absolute Gasteiger partial charge is 0.468 e. The summed E-state index contributed by atoms with van der Waals surface area (Å²) in [5.41, 5.74) is 1.57. The number of nitrogens with zero attached hydrogens (tertiary/aromatic N) is 1. The van der Waals surface area contributed by atoms with Gasteiger partial charge < -0.3 is 14.6 Å². The Labute approximate surface area is 174 Å². The first-order valence-electron chi connectivity index (χ1n) is 9.04. The number of hydrogen-bond donors (Lipinski definition) is 2. The van der Waals surface area contributed by atoms with Crippen molar-refractivity contribution in [3.05, 3.63) is 78.3 Å². The van der Waals surface area contributed by atoms with Crippen molar-refractivity contribution in [2.24, 2.45) is 0 Å². The minimum atomic E-state index is -3.73. The van der Waals surface area contributed by atoms with Crippen LogP contribution in [0.4, 0.5) is 11.4 Å². The maximum atomic E-state index is 12.4. The molecule has 3 rings (SSSR count). The second-order valence-electron chi connectivity index (χ2n) is 6.51. The number of carbonyl (C=O) groups is 2. The lowest BCUT2D eigenvalue weighted by atomic mass is 10.2. The number of sulfonamides is 1. The molecule has 1 heterocycles. The number of hydrogen-bond acceptors (Lipinski definition) is 5. The zero-order chi connectivity index (χ0) is 21.7. The van der Waals surface area contributed by atoms with Gasteiger partial charge in [0.1, 0.15) is 5.76 Å². The average Bonchev–Trinajstić information content (AvgIpc) is 3.26. The highest BCUT2D eigenvalue weighted by Gasteiger charge is 2.15. The zero-order valence-corrected chi connectivity index (χ0v) is 17.3. The molecule has 0 saturated carbocycles. The van der Waals surface area contributed by atoms with E-state index in [1.807, 2.05) is 0 Å². The van der Waals surface area contributed by atoms with Gasteiger partial charge in [-0.15, -0.1) is 0 Å². The molecule has 156 valence electrons. The quantitative estimate of drug-likeness (QED) is 0.603.